The van der Waals surface area contributed by atoms with Gasteiger partial charge in [0, 0.05) is 41.7 Å². The molecular weight excluding hydrogens is 477 g/mol. The van der Waals surface area contributed by atoms with Gasteiger partial charge in [0.05, 0.1) is 12.0 Å². The zero-order valence-electron chi connectivity index (χ0n) is 18.8. The van der Waals surface area contributed by atoms with Crippen LogP contribution in [0.15, 0.2) is 66.7 Å². The molecule has 1 N–H and O–H groups in total. The van der Waals surface area contributed by atoms with Crippen molar-refractivity contribution in [2.24, 2.45) is 5.92 Å². The van der Waals surface area contributed by atoms with E-state index in [1.165, 1.54) is 12.1 Å². The summed E-state index contributed by atoms with van der Waals surface area (Å²) in [5.74, 6) is -2.28. The van der Waals surface area contributed by atoms with Crippen LogP contribution in [-0.4, -0.2) is 30.4 Å². The number of amides is 1. The number of carbonyl (C=O) groups is 1. The smallest absolute Gasteiger partial charge is 0.227 e. The molecule has 0 saturated carbocycles. The van der Waals surface area contributed by atoms with E-state index in [2.05, 4.69) is 10.2 Å². The molecule has 3 nitrogen and oxygen atoms in total. The maximum absolute atomic E-state index is 14.0. The maximum Gasteiger partial charge on any atom is 0.227 e. The van der Waals surface area contributed by atoms with Gasteiger partial charge in [-0.15, -0.1) is 0 Å². The number of rotatable bonds is 8. The molecule has 1 aliphatic heterocycles. The van der Waals surface area contributed by atoms with Gasteiger partial charge in [-0.05, 0) is 59.5 Å². The topological polar surface area (TPSA) is 32.3 Å². The first-order valence-electron chi connectivity index (χ1n) is 11.3. The van der Waals surface area contributed by atoms with Crippen molar-refractivity contribution < 1.29 is 13.6 Å². The lowest BCUT2D eigenvalue weighted by Gasteiger charge is -2.47. The molecule has 178 valence electrons. The highest BCUT2D eigenvalue weighted by atomic mass is 35.5. The van der Waals surface area contributed by atoms with Crippen molar-refractivity contribution >= 4 is 29.1 Å². The van der Waals surface area contributed by atoms with Crippen LogP contribution in [0.1, 0.15) is 42.0 Å². The Labute approximate surface area is 208 Å². The van der Waals surface area contributed by atoms with Crippen molar-refractivity contribution in [3.8, 4) is 0 Å². The first-order valence-corrected chi connectivity index (χ1v) is 12.1. The third-order valence-electron chi connectivity index (χ3n) is 6.22. The predicted molar refractivity (Wildman–Crippen MR) is 132 cm³/mol. The van der Waals surface area contributed by atoms with Crippen molar-refractivity contribution in [3.63, 3.8) is 0 Å². The second-order valence-electron chi connectivity index (χ2n) is 8.69. The number of nitrogens with one attached hydrogen (secondary N) is 1. The lowest BCUT2D eigenvalue weighted by molar-refractivity contribution is -0.125. The zero-order chi connectivity index (χ0) is 24.2. The monoisotopic (exact) mass is 502 g/mol. The molecule has 3 aromatic carbocycles. The van der Waals surface area contributed by atoms with Gasteiger partial charge in [0.1, 0.15) is 11.6 Å². The zero-order valence-corrected chi connectivity index (χ0v) is 20.3. The van der Waals surface area contributed by atoms with Crippen molar-refractivity contribution in [2.75, 3.05) is 19.6 Å². The molecule has 34 heavy (non-hydrogen) atoms. The van der Waals surface area contributed by atoms with E-state index < -0.39 is 17.6 Å². The minimum Gasteiger partial charge on any atom is -0.356 e. The number of hydrogen-bond acceptors (Lipinski definition) is 2. The van der Waals surface area contributed by atoms with Crippen molar-refractivity contribution in [3.05, 3.63) is 105 Å². The molecule has 1 heterocycles. The second kappa shape index (κ2) is 10.9. The molecule has 4 rings (SSSR count). The van der Waals surface area contributed by atoms with Gasteiger partial charge in [0.25, 0.3) is 0 Å². The molecule has 0 aromatic heterocycles. The van der Waals surface area contributed by atoms with Crippen molar-refractivity contribution in [1.29, 1.82) is 0 Å². The fraction of sp³-hybridized carbons (Fsp3) is 0.296. The minimum absolute atomic E-state index is 0.0608. The van der Waals surface area contributed by atoms with Crippen LogP contribution in [0, 0.1) is 17.6 Å². The molecule has 1 aliphatic rings. The fourth-order valence-corrected chi connectivity index (χ4v) is 4.88. The first kappa shape index (κ1) is 24.6. The normalized spacial score (nSPS) is 15.2. The van der Waals surface area contributed by atoms with E-state index in [9.17, 15) is 13.6 Å². The SMILES string of the molecule is CCCNC(=O)C(c1cc(F)cc(F)c1)C1CN(C(c2ccc(Cl)cc2)c2ccc(Cl)cc2)C1. The Kier molecular flexibility index (Phi) is 7.87. The Balaban J connectivity index is 1.61. The Bertz CT molecular complexity index is 1070. The van der Waals surface area contributed by atoms with Crippen molar-refractivity contribution in [1.82, 2.24) is 10.2 Å². The molecule has 1 atom stereocenters. The summed E-state index contributed by atoms with van der Waals surface area (Å²) in [4.78, 5) is 15.3. The van der Waals surface area contributed by atoms with Gasteiger partial charge >= 0.3 is 0 Å². The van der Waals surface area contributed by atoms with Gasteiger partial charge in [0.2, 0.25) is 5.91 Å². The van der Waals surface area contributed by atoms with E-state index in [4.69, 9.17) is 23.2 Å². The third kappa shape index (κ3) is 5.60. The van der Waals surface area contributed by atoms with E-state index in [0.717, 1.165) is 23.6 Å². The average Bonchev–Trinajstić information content (AvgIpc) is 2.77. The molecule has 0 aliphatic carbocycles. The molecule has 1 saturated heterocycles. The van der Waals surface area contributed by atoms with Crippen LogP contribution in [0.3, 0.4) is 0 Å². The van der Waals surface area contributed by atoms with Gasteiger partial charge in [-0.25, -0.2) is 8.78 Å². The van der Waals surface area contributed by atoms with Gasteiger partial charge < -0.3 is 5.32 Å². The predicted octanol–water partition coefficient (Wildman–Crippen LogP) is 6.60. The van der Waals surface area contributed by atoms with Crippen molar-refractivity contribution in [2.45, 2.75) is 25.3 Å². The van der Waals surface area contributed by atoms with E-state index in [-0.39, 0.29) is 17.9 Å². The van der Waals surface area contributed by atoms with Gasteiger partial charge in [-0.3, -0.25) is 9.69 Å². The van der Waals surface area contributed by atoms with Crippen LogP contribution in [-0.2, 0) is 4.79 Å². The van der Waals surface area contributed by atoms with Gasteiger partial charge in [0.15, 0.2) is 0 Å². The number of carbonyl (C=O) groups excluding carboxylic acids is 1. The number of likely N-dealkylation sites (tertiary alicyclic amines) is 1. The third-order valence-corrected chi connectivity index (χ3v) is 6.73. The van der Waals surface area contributed by atoms with Crippen LogP contribution < -0.4 is 5.32 Å². The Hall–Kier alpha value is -2.47. The van der Waals surface area contributed by atoms with E-state index in [1.54, 1.807) is 0 Å². The molecule has 7 heteroatoms. The van der Waals surface area contributed by atoms with E-state index in [0.29, 0.717) is 35.2 Å². The quantitative estimate of drug-likeness (QED) is 0.376. The lowest BCUT2D eigenvalue weighted by atomic mass is 9.78. The summed E-state index contributed by atoms with van der Waals surface area (Å²) in [6, 6.07) is 18.7. The molecular formula is C27H26Cl2F2N2O. The Morgan fingerprint density at radius 2 is 1.41 bits per heavy atom. The number of hydrogen-bond donors (Lipinski definition) is 1. The molecule has 0 radical (unpaired) electrons. The van der Waals surface area contributed by atoms with Crippen LogP contribution in [0.25, 0.3) is 0 Å². The molecule has 1 fully saturated rings. The average molecular weight is 503 g/mol. The highest BCUT2D eigenvalue weighted by Crippen LogP contribution is 2.40. The Morgan fingerprint density at radius 1 is 0.912 bits per heavy atom. The molecule has 0 bridgehead atoms. The van der Waals surface area contributed by atoms with Gasteiger partial charge in [-0.1, -0.05) is 54.4 Å². The highest BCUT2D eigenvalue weighted by Gasteiger charge is 2.42. The molecule has 1 unspecified atom stereocenters. The van der Waals surface area contributed by atoms with Crippen LogP contribution in [0.2, 0.25) is 10.0 Å². The summed E-state index contributed by atoms with van der Waals surface area (Å²) in [6.45, 7) is 3.67. The Morgan fingerprint density at radius 3 is 1.88 bits per heavy atom. The van der Waals surface area contributed by atoms with E-state index in [1.807, 2.05) is 55.5 Å². The largest absolute Gasteiger partial charge is 0.356 e. The summed E-state index contributed by atoms with van der Waals surface area (Å²) in [5.41, 5.74) is 2.49. The summed E-state index contributed by atoms with van der Waals surface area (Å²) in [5, 5.41) is 4.21. The second-order valence-corrected chi connectivity index (χ2v) is 9.56. The number of halogens is 4. The van der Waals surface area contributed by atoms with E-state index >= 15 is 0 Å². The highest BCUT2D eigenvalue weighted by molar-refractivity contribution is 6.30. The molecule has 3 aromatic rings. The summed E-state index contributed by atoms with van der Waals surface area (Å²) >= 11 is 12.2. The van der Waals surface area contributed by atoms with Crippen LogP contribution in [0.5, 0.6) is 0 Å². The van der Waals surface area contributed by atoms with Crippen LogP contribution >= 0.6 is 23.2 Å². The minimum atomic E-state index is -0.681. The molecule has 1 amide bonds. The standard InChI is InChI=1S/C27H26Cl2F2N2O/c1-2-11-32-27(34)25(19-12-23(30)14-24(31)13-19)20-15-33(16-20)26(17-3-7-21(28)8-4-17)18-5-9-22(29)10-6-18/h3-10,12-14,20,25-26H,2,11,15-16H2,1H3,(H,32,34). The first-order chi connectivity index (χ1) is 16.4. The summed E-state index contributed by atoms with van der Waals surface area (Å²) in [6.07, 6.45) is 0.780. The van der Waals surface area contributed by atoms with Crippen LogP contribution in [0.4, 0.5) is 8.78 Å². The fourth-order valence-electron chi connectivity index (χ4n) is 4.63. The van der Waals surface area contributed by atoms with Gasteiger partial charge in [-0.2, -0.15) is 0 Å². The maximum atomic E-state index is 14.0. The molecule has 0 spiro atoms. The summed E-state index contributed by atoms with van der Waals surface area (Å²) < 4.78 is 28.0. The lowest BCUT2D eigenvalue weighted by Crippen LogP contribution is -2.53. The number of nitrogens with zero attached hydrogens (tertiary/aromatic N) is 1. The summed E-state index contributed by atoms with van der Waals surface area (Å²) in [7, 11) is 0. The number of benzene rings is 3.